The fourth-order valence-electron chi connectivity index (χ4n) is 2.30. The number of anilines is 1. The zero-order valence-corrected chi connectivity index (χ0v) is 15.7. The minimum absolute atomic E-state index is 0.0710. The largest absolute Gasteiger partial charge is 0.492 e. The standard InChI is InChI=1S/C19H27N5O2/c1-13(2)22-18(20)7-8-21-19-12-17(25)15-6-5-14(11-16(15)23-19)26-10-9-24(3)4/h5-8,11-13H,9-10H2,1-4H3,(H2,20,22)(H2,21,23,25)/b8-7-. The third-order valence-corrected chi connectivity index (χ3v) is 3.51. The summed E-state index contributed by atoms with van der Waals surface area (Å²) in [6, 6.07) is 7.05. The Morgan fingerprint density at radius 2 is 2.15 bits per heavy atom. The number of hydrogen-bond donors (Lipinski definition) is 3. The highest BCUT2D eigenvalue weighted by molar-refractivity contribution is 5.91. The third-order valence-electron chi connectivity index (χ3n) is 3.51. The van der Waals surface area contributed by atoms with Gasteiger partial charge in [-0.2, -0.15) is 0 Å². The molecule has 0 amide bonds. The van der Waals surface area contributed by atoms with Crippen molar-refractivity contribution in [3.05, 3.63) is 46.8 Å². The first-order valence-corrected chi connectivity index (χ1v) is 8.56. The van der Waals surface area contributed by atoms with Crippen LogP contribution in [0.2, 0.25) is 0 Å². The number of amidine groups is 1. The summed E-state index contributed by atoms with van der Waals surface area (Å²) in [6.45, 7) is 5.30. The molecular formula is C19H27N5O2. The first-order valence-electron chi connectivity index (χ1n) is 8.56. The molecule has 0 spiro atoms. The van der Waals surface area contributed by atoms with E-state index in [1.807, 2.05) is 45.0 Å². The molecule has 2 aromatic rings. The number of fused-ring (bicyclic) bond motifs is 1. The van der Waals surface area contributed by atoms with Crippen molar-refractivity contribution in [3.63, 3.8) is 0 Å². The van der Waals surface area contributed by atoms with Gasteiger partial charge in [0, 0.05) is 36.3 Å². The molecule has 0 atom stereocenters. The van der Waals surface area contributed by atoms with E-state index in [1.165, 1.54) is 6.07 Å². The number of aromatic amines is 1. The van der Waals surface area contributed by atoms with Crippen LogP contribution in [0.25, 0.3) is 10.9 Å². The molecule has 1 aromatic heterocycles. The van der Waals surface area contributed by atoms with E-state index in [1.54, 1.807) is 18.3 Å². The number of nitrogens with two attached hydrogens (primary N) is 1. The van der Waals surface area contributed by atoms with Crippen molar-refractivity contribution >= 4 is 22.6 Å². The zero-order chi connectivity index (χ0) is 19.1. The molecule has 2 rings (SSSR count). The van der Waals surface area contributed by atoms with E-state index in [2.05, 4.69) is 15.3 Å². The Kier molecular flexibility index (Phi) is 6.80. The zero-order valence-electron chi connectivity index (χ0n) is 15.7. The number of likely N-dealkylation sites (N-methyl/N-ethyl adjacent to an activating group) is 1. The Balaban J connectivity index is 2.16. The minimum atomic E-state index is -0.0710. The summed E-state index contributed by atoms with van der Waals surface area (Å²) in [5.41, 5.74) is 6.42. The van der Waals surface area contributed by atoms with E-state index in [0.29, 0.717) is 29.2 Å². The highest BCUT2D eigenvalue weighted by atomic mass is 16.5. The van der Waals surface area contributed by atoms with E-state index in [0.717, 1.165) is 12.3 Å². The van der Waals surface area contributed by atoms with Gasteiger partial charge < -0.3 is 25.7 Å². The van der Waals surface area contributed by atoms with Crippen LogP contribution in [0.5, 0.6) is 5.75 Å². The lowest BCUT2D eigenvalue weighted by molar-refractivity contribution is 0.261. The summed E-state index contributed by atoms with van der Waals surface area (Å²) in [6.07, 6.45) is 3.30. The maximum Gasteiger partial charge on any atom is 0.191 e. The summed E-state index contributed by atoms with van der Waals surface area (Å²) in [4.78, 5) is 21.7. The second kappa shape index (κ2) is 9.05. The molecule has 1 heterocycles. The van der Waals surface area contributed by atoms with Crippen LogP contribution in [-0.4, -0.2) is 49.0 Å². The van der Waals surface area contributed by atoms with Crippen LogP contribution < -0.4 is 21.2 Å². The highest BCUT2D eigenvalue weighted by Gasteiger charge is 2.04. The lowest BCUT2D eigenvalue weighted by atomic mass is 10.2. The number of nitrogens with one attached hydrogen (secondary N) is 2. The summed E-state index contributed by atoms with van der Waals surface area (Å²) in [5, 5.41) is 3.63. The van der Waals surface area contributed by atoms with Crippen molar-refractivity contribution in [1.29, 1.82) is 0 Å². The smallest absolute Gasteiger partial charge is 0.191 e. The molecule has 0 aliphatic rings. The van der Waals surface area contributed by atoms with Gasteiger partial charge in [0.2, 0.25) is 0 Å². The molecule has 0 aliphatic carbocycles. The number of benzene rings is 1. The average molecular weight is 357 g/mol. The highest BCUT2D eigenvalue weighted by Crippen LogP contribution is 2.18. The lowest BCUT2D eigenvalue weighted by Gasteiger charge is -2.11. The quantitative estimate of drug-likeness (QED) is 0.497. The molecular weight excluding hydrogens is 330 g/mol. The first kappa shape index (κ1) is 19.5. The summed E-state index contributed by atoms with van der Waals surface area (Å²) in [7, 11) is 3.98. The van der Waals surface area contributed by atoms with E-state index in [-0.39, 0.29) is 11.5 Å². The molecule has 0 radical (unpaired) electrons. The normalized spacial score (nSPS) is 12.5. The van der Waals surface area contributed by atoms with Crippen LogP contribution in [0.15, 0.2) is 46.3 Å². The van der Waals surface area contributed by atoms with Gasteiger partial charge in [0.05, 0.1) is 5.52 Å². The van der Waals surface area contributed by atoms with Gasteiger partial charge in [-0.25, -0.2) is 0 Å². The first-order chi connectivity index (χ1) is 12.3. The van der Waals surface area contributed by atoms with Crippen LogP contribution in [0.4, 0.5) is 5.82 Å². The van der Waals surface area contributed by atoms with Gasteiger partial charge in [-0.1, -0.05) is 0 Å². The number of aromatic nitrogens is 1. The van der Waals surface area contributed by atoms with Gasteiger partial charge in [-0.3, -0.25) is 9.79 Å². The Morgan fingerprint density at radius 3 is 2.85 bits per heavy atom. The van der Waals surface area contributed by atoms with Crippen molar-refractivity contribution < 1.29 is 4.74 Å². The van der Waals surface area contributed by atoms with E-state index < -0.39 is 0 Å². The molecule has 0 bridgehead atoms. The van der Waals surface area contributed by atoms with Gasteiger partial charge in [-0.15, -0.1) is 0 Å². The summed E-state index contributed by atoms with van der Waals surface area (Å²) < 4.78 is 5.72. The fraction of sp³-hybridized carbons (Fsp3) is 0.368. The van der Waals surface area contributed by atoms with Crippen molar-refractivity contribution in [2.45, 2.75) is 19.9 Å². The van der Waals surface area contributed by atoms with Gasteiger partial charge in [0.15, 0.2) is 5.43 Å². The Bertz CT molecular complexity index is 853. The molecule has 4 N–H and O–H groups in total. The van der Waals surface area contributed by atoms with E-state index in [9.17, 15) is 4.79 Å². The maximum atomic E-state index is 12.3. The van der Waals surface area contributed by atoms with E-state index in [4.69, 9.17) is 10.5 Å². The van der Waals surface area contributed by atoms with Gasteiger partial charge in [0.25, 0.3) is 0 Å². The third kappa shape index (κ3) is 5.93. The van der Waals surface area contributed by atoms with Crippen molar-refractivity contribution in [1.82, 2.24) is 9.88 Å². The average Bonchev–Trinajstić information content (AvgIpc) is 2.53. The van der Waals surface area contributed by atoms with Crippen LogP contribution in [0.1, 0.15) is 13.8 Å². The van der Waals surface area contributed by atoms with Crippen molar-refractivity contribution in [2.24, 2.45) is 10.7 Å². The maximum absolute atomic E-state index is 12.3. The summed E-state index contributed by atoms with van der Waals surface area (Å²) in [5.74, 6) is 1.71. The number of ether oxygens (including phenoxy) is 1. The molecule has 1 aromatic carbocycles. The van der Waals surface area contributed by atoms with Gasteiger partial charge in [-0.05, 0) is 46.2 Å². The molecule has 0 saturated carbocycles. The predicted octanol–water partition coefficient (Wildman–Crippen LogP) is 2.16. The monoisotopic (exact) mass is 357 g/mol. The number of hydrogen-bond acceptors (Lipinski definition) is 5. The minimum Gasteiger partial charge on any atom is -0.492 e. The molecule has 140 valence electrons. The Hall–Kier alpha value is -2.80. The number of nitrogens with zero attached hydrogens (tertiary/aromatic N) is 2. The second-order valence-corrected chi connectivity index (χ2v) is 6.53. The lowest BCUT2D eigenvalue weighted by Crippen LogP contribution is -2.19. The van der Waals surface area contributed by atoms with Gasteiger partial charge >= 0.3 is 0 Å². The van der Waals surface area contributed by atoms with E-state index >= 15 is 0 Å². The molecule has 0 fully saturated rings. The van der Waals surface area contributed by atoms with Crippen LogP contribution in [0.3, 0.4) is 0 Å². The number of H-pyrrole nitrogens is 1. The van der Waals surface area contributed by atoms with Gasteiger partial charge in [0.1, 0.15) is 24.0 Å². The summed E-state index contributed by atoms with van der Waals surface area (Å²) >= 11 is 0. The number of rotatable bonds is 8. The van der Waals surface area contributed by atoms with Crippen LogP contribution in [0, 0.1) is 0 Å². The second-order valence-electron chi connectivity index (χ2n) is 6.53. The molecule has 26 heavy (non-hydrogen) atoms. The molecule has 7 nitrogen and oxygen atoms in total. The molecule has 0 aliphatic heterocycles. The predicted molar refractivity (Wildman–Crippen MR) is 108 cm³/mol. The topological polar surface area (TPSA) is 95.7 Å². The Morgan fingerprint density at radius 1 is 1.38 bits per heavy atom. The van der Waals surface area contributed by atoms with Crippen LogP contribution >= 0.6 is 0 Å². The molecule has 0 saturated heterocycles. The SMILES string of the molecule is CC(C)N=C(N)/C=C\Nc1cc(=O)c2ccc(OCCN(C)C)cc2[nH]1. The Labute approximate surface area is 153 Å². The van der Waals surface area contributed by atoms with Crippen molar-refractivity contribution in [3.8, 4) is 5.75 Å². The number of pyridine rings is 1. The van der Waals surface area contributed by atoms with Crippen LogP contribution in [-0.2, 0) is 0 Å². The number of aliphatic imine (C=N–C) groups is 1. The fourth-order valence-corrected chi connectivity index (χ4v) is 2.30. The van der Waals surface area contributed by atoms with Crippen molar-refractivity contribution in [2.75, 3.05) is 32.6 Å². The molecule has 7 heteroatoms. The molecule has 0 unspecified atom stereocenters.